The van der Waals surface area contributed by atoms with Gasteiger partial charge in [-0.2, -0.15) is 4.31 Å². The minimum absolute atomic E-state index is 0.0258. The molecule has 0 aliphatic carbocycles. The lowest BCUT2D eigenvalue weighted by Gasteiger charge is -2.31. The number of aromatic nitrogens is 1. The number of carbonyl (C=O) groups is 1. The summed E-state index contributed by atoms with van der Waals surface area (Å²) in [5.41, 5.74) is 0. The van der Waals surface area contributed by atoms with Gasteiger partial charge < -0.3 is 9.73 Å². The molecule has 1 amide bonds. The van der Waals surface area contributed by atoms with Crippen molar-refractivity contribution in [3.8, 4) is 0 Å². The lowest BCUT2D eigenvalue weighted by molar-refractivity contribution is 0.0894. The Morgan fingerprint density at radius 2 is 2.08 bits per heavy atom. The summed E-state index contributed by atoms with van der Waals surface area (Å²) in [6.45, 7) is 2.34. The maximum absolute atomic E-state index is 12.8. The molecule has 0 saturated carbocycles. The Kier molecular flexibility index (Phi) is 5.71. The van der Waals surface area contributed by atoms with Crippen molar-refractivity contribution in [1.29, 1.82) is 0 Å². The SMILES string of the molecule is Cc1ccc(C(=O)NC2CCN(S(=O)(=O)c3cc(Br)cnc3Cl)CC2)o1. The maximum Gasteiger partial charge on any atom is 0.287 e. The zero-order chi connectivity index (χ0) is 18.9. The topological polar surface area (TPSA) is 92.5 Å². The molecule has 0 unspecified atom stereocenters. The van der Waals surface area contributed by atoms with E-state index in [2.05, 4.69) is 26.2 Å². The number of carbonyl (C=O) groups excluding carboxylic acids is 1. The summed E-state index contributed by atoms with van der Waals surface area (Å²) >= 11 is 9.17. The second-order valence-corrected chi connectivity index (χ2v) is 9.18. The van der Waals surface area contributed by atoms with Gasteiger partial charge in [-0.3, -0.25) is 4.79 Å². The summed E-state index contributed by atoms with van der Waals surface area (Å²) in [5, 5.41) is 2.82. The Bertz CT molecular complexity index is 923. The number of nitrogens with one attached hydrogen (secondary N) is 1. The average molecular weight is 463 g/mol. The molecule has 0 aromatic carbocycles. The first kappa shape index (κ1) is 19.3. The van der Waals surface area contributed by atoms with Crippen LogP contribution in [0.5, 0.6) is 0 Å². The van der Waals surface area contributed by atoms with Crippen molar-refractivity contribution in [2.45, 2.75) is 30.7 Å². The van der Waals surface area contributed by atoms with Gasteiger partial charge in [0, 0.05) is 29.8 Å². The maximum atomic E-state index is 12.8. The number of furan rings is 1. The van der Waals surface area contributed by atoms with Crippen molar-refractivity contribution in [2.24, 2.45) is 0 Å². The van der Waals surface area contributed by atoms with Crippen molar-refractivity contribution in [2.75, 3.05) is 13.1 Å². The van der Waals surface area contributed by atoms with Crippen LogP contribution in [0.1, 0.15) is 29.2 Å². The Labute approximate surface area is 164 Å². The van der Waals surface area contributed by atoms with Crippen LogP contribution >= 0.6 is 27.5 Å². The number of hydrogen-bond donors (Lipinski definition) is 1. The van der Waals surface area contributed by atoms with Gasteiger partial charge >= 0.3 is 0 Å². The second kappa shape index (κ2) is 7.67. The minimum atomic E-state index is -3.74. The fourth-order valence-corrected chi connectivity index (χ4v) is 5.17. The van der Waals surface area contributed by atoms with Crippen molar-refractivity contribution in [3.05, 3.63) is 45.5 Å². The van der Waals surface area contributed by atoms with Crippen LogP contribution < -0.4 is 5.32 Å². The van der Waals surface area contributed by atoms with Gasteiger partial charge in [0.15, 0.2) is 5.76 Å². The van der Waals surface area contributed by atoms with Gasteiger partial charge in [0.25, 0.3) is 5.91 Å². The van der Waals surface area contributed by atoms with E-state index >= 15 is 0 Å². The van der Waals surface area contributed by atoms with Crippen LogP contribution in [0.4, 0.5) is 0 Å². The number of sulfonamides is 1. The lowest BCUT2D eigenvalue weighted by Crippen LogP contribution is -2.46. The van der Waals surface area contributed by atoms with Crippen molar-refractivity contribution >= 4 is 43.5 Å². The molecule has 140 valence electrons. The van der Waals surface area contributed by atoms with E-state index in [1.165, 1.54) is 16.6 Å². The largest absolute Gasteiger partial charge is 0.456 e. The van der Waals surface area contributed by atoms with Gasteiger partial charge in [-0.05, 0) is 53.9 Å². The van der Waals surface area contributed by atoms with Crippen LogP contribution in [0.2, 0.25) is 5.15 Å². The van der Waals surface area contributed by atoms with E-state index in [-0.39, 0.29) is 40.8 Å². The molecule has 0 radical (unpaired) electrons. The predicted molar refractivity (Wildman–Crippen MR) is 99.6 cm³/mol. The first-order valence-electron chi connectivity index (χ1n) is 7.96. The standard InChI is InChI=1S/C16H17BrClN3O4S/c1-10-2-3-13(25-10)16(22)20-12-4-6-21(7-5-12)26(23,24)14-8-11(17)9-19-15(14)18/h2-3,8-9,12H,4-7H2,1H3,(H,20,22). The summed E-state index contributed by atoms with van der Waals surface area (Å²) in [7, 11) is -3.74. The number of nitrogens with zero attached hydrogens (tertiary/aromatic N) is 2. The highest BCUT2D eigenvalue weighted by molar-refractivity contribution is 9.10. The number of halogens is 2. The molecule has 3 rings (SSSR count). The molecule has 10 heteroatoms. The molecule has 2 aromatic rings. The van der Waals surface area contributed by atoms with Crippen LogP contribution in [0.3, 0.4) is 0 Å². The van der Waals surface area contributed by atoms with Crippen LogP contribution in [0, 0.1) is 6.92 Å². The number of rotatable bonds is 4. The molecular formula is C16H17BrClN3O4S. The summed E-state index contributed by atoms with van der Waals surface area (Å²) in [5.74, 6) is 0.624. The summed E-state index contributed by atoms with van der Waals surface area (Å²) < 4.78 is 32.8. The Balaban J connectivity index is 1.64. The fourth-order valence-electron chi connectivity index (χ4n) is 2.78. The molecule has 26 heavy (non-hydrogen) atoms. The molecule has 7 nitrogen and oxygen atoms in total. The quantitative estimate of drug-likeness (QED) is 0.705. The summed E-state index contributed by atoms with van der Waals surface area (Å²) in [6.07, 6.45) is 2.45. The predicted octanol–water partition coefficient (Wildman–Crippen LogP) is 2.98. The van der Waals surface area contributed by atoms with E-state index in [1.54, 1.807) is 19.1 Å². The highest BCUT2D eigenvalue weighted by Crippen LogP contribution is 2.27. The molecule has 1 aliphatic heterocycles. The third-order valence-corrected chi connectivity index (χ3v) is 6.90. The Morgan fingerprint density at radius 3 is 2.69 bits per heavy atom. The lowest BCUT2D eigenvalue weighted by atomic mass is 10.1. The fraction of sp³-hybridized carbons (Fsp3) is 0.375. The number of pyridine rings is 1. The first-order valence-corrected chi connectivity index (χ1v) is 10.6. The number of piperidine rings is 1. The Hall–Kier alpha value is -1.42. The minimum Gasteiger partial charge on any atom is -0.456 e. The van der Waals surface area contributed by atoms with Gasteiger partial charge in [-0.1, -0.05) is 11.6 Å². The van der Waals surface area contributed by atoms with Gasteiger partial charge in [0.2, 0.25) is 10.0 Å². The van der Waals surface area contributed by atoms with Crippen LogP contribution in [-0.2, 0) is 10.0 Å². The third kappa shape index (κ3) is 4.11. The van der Waals surface area contributed by atoms with Crippen LogP contribution in [0.25, 0.3) is 0 Å². The smallest absolute Gasteiger partial charge is 0.287 e. The molecule has 0 atom stereocenters. The van der Waals surface area contributed by atoms with Crippen molar-refractivity contribution in [3.63, 3.8) is 0 Å². The van der Waals surface area contributed by atoms with E-state index in [1.807, 2.05) is 0 Å². The second-order valence-electron chi connectivity index (χ2n) is 6.00. The third-order valence-electron chi connectivity index (χ3n) is 4.14. The number of aryl methyl sites for hydroxylation is 1. The monoisotopic (exact) mass is 461 g/mol. The molecule has 1 fully saturated rings. The number of hydrogen-bond acceptors (Lipinski definition) is 5. The molecule has 3 heterocycles. The van der Waals surface area contributed by atoms with Crippen LogP contribution in [-0.4, -0.2) is 42.7 Å². The van der Waals surface area contributed by atoms with Gasteiger partial charge in [0.05, 0.1) is 0 Å². The summed E-state index contributed by atoms with van der Waals surface area (Å²) in [4.78, 5) is 16.0. The molecule has 0 spiro atoms. The average Bonchev–Trinajstić information content (AvgIpc) is 3.04. The molecule has 1 N–H and O–H groups in total. The zero-order valence-electron chi connectivity index (χ0n) is 13.9. The number of amides is 1. The van der Waals surface area contributed by atoms with E-state index in [0.717, 1.165) is 0 Å². The van der Waals surface area contributed by atoms with Crippen molar-refractivity contribution in [1.82, 2.24) is 14.6 Å². The molecule has 0 bridgehead atoms. The van der Waals surface area contributed by atoms with Gasteiger partial charge in [-0.25, -0.2) is 13.4 Å². The normalized spacial score (nSPS) is 16.6. The molecule has 2 aromatic heterocycles. The van der Waals surface area contributed by atoms with Crippen LogP contribution in [0.15, 0.2) is 38.2 Å². The van der Waals surface area contributed by atoms with E-state index in [4.69, 9.17) is 16.0 Å². The van der Waals surface area contributed by atoms with E-state index < -0.39 is 10.0 Å². The van der Waals surface area contributed by atoms with E-state index in [9.17, 15) is 13.2 Å². The Morgan fingerprint density at radius 1 is 1.38 bits per heavy atom. The zero-order valence-corrected chi connectivity index (χ0v) is 17.1. The molecule has 1 aliphatic rings. The molecular weight excluding hydrogens is 446 g/mol. The highest BCUT2D eigenvalue weighted by atomic mass is 79.9. The highest BCUT2D eigenvalue weighted by Gasteiger charge is 2.32. The van der Waals surface area contributed by atoms with Gasteiger partial charge in [-0.15, -0.1) is 0 Å². The first-order chi connectivity index (χ1) is 12.3. The van der Waals surface area contributed by atoms with Gasteiger partial charge in [0.1, 0.15) is 15.8 Å². The van der Waals surface area contributed by atoms with E-state index in [0.29, 0.717) is 23.1 Å². The van der Waals surface area contributed by atoms with Crippen molar-refractivity contribution < 1.29 is 17.6 Å². The summed E-state index contributed by atoms with van der Waals surface area (Å²) in [6, 6.07) is 4.67. The molecule has 1 saturated heterocycles.